The molecule has 1 aromatic rings. The molecule has 0 aromatic heterocycles. The van der Waals surface area contributed by atoms with Gasteiger partial charge in [0.15, 0.2) is 5.78 Å². The Kier molecular flexibility index (Phi) is 4.71. The predicted molar refractivity (Wildman–Crippen MR) is 90.1 cm³/mol. The molecule has 23 heavy (non-hydrogen) atoms. The fourth-order valence-electron chi connectivity index (χ4n) is 2.20. The molecule has 0 N–H and O–H groups in total. The average Bonchev–Trinajstić information content (AvgIpc) is 2.50. The quantitative estimate of drug-likeness (QED) is 0.719. The van der Waals surface area contributed by atoms with Crippen LogP contribution in [0.15, 0.2) is 69.6 Å². The smallest absolute Gasteiger partial charge is 0.185 e. The number of nitriles is 1. The Morgan fingerprint density at radius 1 is 1.13 bits per heavy atom. The molecular weight excluding hydrogens is 286 g/mol. The van der Waals surface area contributed by atoms with E-state index in [2.05, 4.69) is 16.3 Å². The van der Waals surface area contributed by atoms with Crippen LogP contribution in [-0.4, -0.2) is 5.78 Å². The summed E-state index contributed by atoms with van der Waals surface area (Å²) in [5.41, 5.74) is 3.38. The summed E-state index contributed by atoms with van der Waals surface area (Å²) in [4.78, 5) is 12.2. The maximum absolute atomic E-state index is 12.2. The van der Waals surface area contributed by atoms with Crippen molar-refractivity contribution in [1.29, 1.82) is 5.26 Å². The lowest BCUT2D eigenvalue weighted by atomic mass is 9.78. The average molecular weight is 305 g/mol. The zero-order valence-electron chi connectivity index (χ0n) is 13.8. The third kappa shape index (κ3) is 4.10. The van der Waals surface area contributed by atoms with Crippen molar-refractivity contribution in [3.05, 3.63) is 64.9 Å². The Hall–Kier alpha value is -2.80. The monoisotopic (exact) mass is 305 g/mol. The van der Waals surface area contributed by atoms with E-state index >= 15 is 0 Å². The van der Waals surface area contributed by atoms with Crippen molar-refractivity contribution in [2.24, 2.45) is 15.6 Å². The topological polar surface area (TPSA) is 65.6 Å². The fourth-order valence-corrected chi connectivity index (χ4v) is 2.20. The van der Waals surface area contributed by atoms with E-state index in [0.29, 0.717) is 16.8 Å². The first-order chi connectivity index (χ1) is 10.8. The third-order valence-electron chi connectivity index (χ3n) is 3.48. The number of azo groups is 1. The van der Waals surface area contributed by atoms with Crippen molar-refractivity contribution >= 4 is 11.5 Å². The first-order valence-electron chi connectivity index (χ1n) is 7.37. The van der Waals surface area contributed by atoms with Crippen LogP contribution in [0.1, 0.15) is 33.3 Å². The highest BCUT2D eigenvalue weighted by molar-refractivity contribution is 6.10. The number of hydrogen-bond acceptors (Lipinski definition) is 4. The number of rotatable bonds is 2. The fraction of sp³-hybridized carbons (Fsp3) is 0.263. The van der Waals surface area contributed by atoms with E-state index < -0.39 is 0 Å². The van der Waals surface area contributed by atoms with E-state index in [0.717, 1.165) is 11.1 Å². The number of carbonyl (C=O) groups excluding carboxylic acids is 1. The van der Waals surface area contributed by atoms with Crippen molar-refractivity contribution in [2.45, 2.75) is 27.7 Å². The van der Waals surface area contributed by atoms with Gasteiger partial charge in [-0.1, -0.05) is 20.8 Å². The molecule has 0 aliphatic heterocycles. The van der Waals surface area contributed by atoms with E-state index in [4.69, 9.17) is 5.26 Å². The van der Waals surface area contributed by atoms with Gasteiger partial charge in [0.1, 0.15) is 0 Å². The van der Waals surface area contributed by atoms with Crippen LogP contribution >= 0.6 is 0 Å². The Labute approximate surface area is 136 Å². The van der Waals surface area contributed by atoms with Crippen LogP contribution in [0.25, 0.3) is 0 Å². The highest BCUT2D eigenvalue weighted by atomic mass is 16.1. The summed E-state index contributed by atoms with van der Waals surface area (Å²) in [5, 5.41) is 16.9. The van der Waals surface area contributed by atoms with E-state index in [1.54, 1.807) is 30.5 Å². The van der Waals surface area contributed by atoms with Crippen LogP contribution in [0.3, 0.4) is 0 Å². The Bertz CT molecular complexity index is 779. The second kappa shape index (κ2) is 6.53. The van der Waals surface area contributed by atoms with Crippen LogP contribution in [0.5, 0.6) is 0 Å². The van der Waals surface area contributed by atoms with Gasteiger partial charge in [0.25, 0.3) is 0 Å². The molecule has 0 atom stereocenters. The van der Waals surface area contributed by atoms with Crippen molar-refractivity contribution in [2.75, 3.05) is 0 Å². The standard InChI is InChI=1S/C19H19N3O/c1-13-9-15(10-17(18(13)23)19(2,3)4)12-21-22-16-7-5-14(11-20)6-8-16/h5-10,12H,1-4H3/b15-12+,22-21?. The molecule has 0 bridgehead atoms. The van der Waals surface area contributed by atoms with Crippen LogP contribution in [0.2, 0.25) is 0 Å². The first-order valence-corrected chi connectivity index (χ1v) is 7.37. The molecule has 0 saturated heterocycles. The highest BCUT2D eigenvalue weighted by Crippen LogP contribution is 2.32. The number of nitrogens with zero attached hydrogens (tertiary/aromatic N) is 3. The summed E-state index contributed by atoms with van der Waals surface area (Å²) in [5.74, 6) is 0.0821. The van der Waals surface area contributed by atoms with Gasteiger partial charge < -0.3 is 0 Å². The highest BCUT2D eigenvalue weighted by Gasteiger charge is 2.27. The van der Waals surface area contributed by atoms with Gasteiger partial charge in [-0.15, -0.1) is 0 Å². The Morgan fingerprint density at radius 3 is 2.35 bits per heavy atom. The minimum absolute atomic E-state index is 0.0821. The lowest BCUT2D eigenvalue weighted by molar-refractivity contribution is -0.113. The van der Waals surface area contributed by atoms with Crippen LogP contribution in [0.4, 0.5) is 5.69 Å². The molecule has 0 fully saturated rings. The molecule has 0 spiro atoms. The Balaban J connectivity index is 2.24. The second-order valence-corrected chi connectivity index (χ2v) is 6.47. The number of benzene rings is 1. The molecule has 0 saturated carbocycles. The van der Waals surface area contributed by atoms with E-state index in [9.17, 15) is 4.79 Å². The molecule has 1 aliphatic carbocycles. The summed E-state index contributed by atoms with van der Waals surface area (Å²) in [7, 11) is 0. The summed E-state index contributed by atoms with van der Waals surface area (Å²) < 4.78 is 0. The number of ketones is 1. The van der Waals surface area contributed by atoms with Crippen LogP contribution in [-0.2, 0) is 4.79 Å². The van der Waals surface area contributed by atoms with Gasteiger partial charge in [-0.3, -0.25) is 4.79 Å². The van der Waals surface area contributed by atoms with Gasteiger partial charge in [-0.2, -0.15) is 15.5 Å². The molecule has 1 aromatic carbocycles. The largest absolute Gasteiger partial charge is 0.289 e. The zero-order chi connectivity index (χ0) is 17.0. The van der Waals surface area contributed by atoms with Gasteiger partial charge >= 0.3 is 0 Å². The summed E-state index contributed by atoms with van der Waals surface area (Å²) >= 11 is 0. The molecule has 4 nitrogen and oxygen atoms in total. The number of allylic oxidation sites excluding steroid dienone is 5. The normalized spacial score (nSPS) is 17.2. The van der Waals surface area contributed by atoms with Crippen LogP contribution in [0, 0.1) is 16.7 Å². The predicted octanol–water partition coefficient (Wildman–Crippen LogP) is 5.03. The van der Waals surface area contributed by atoms with E-state index in [-0.39, 0.29) is 11.2 Å². The minimum atomic E-state index is -0.212. The van der Waals surface area contributed by atoms with Gasteiger partial charge in [-0.05, 0) is 59.9 Å². The lowest BCUT2D eigenvalue weighted by Crippen LogP contribution is -2.21. The number of hydrogen-bond donors (Lipinski definition) is 0. The third-order valence-corrected chi connectivity index (χ3v) is 3.48. The molecule has 0 radical (unpaired) electrons. The molecule has 0 heterocycles. The number of carbonyl (C=O) groups is 1. The second-order valence-electron chi connectivity index (χ2n) is 6.47. The van der Waals surface area contributed by atoms with Crippen molar-refractivity contribution in [3.8, 4) is 6.07 Å². The molecular formula is C19H19N3O. The molecule has 2 rings (SSSR count). The maximum Gasteiger partial charge on any atom is 0.185 e. The van der Waals surface area contributed by atoms with Crippen molar-refractivity contribution < 1.29 is 4.79 Å². The van der Waals surface area contributed by atoms with Gasteiger partial charge in [0.2, 0.25) is 0 Å². The molecule has 0 unspecified atom stereocenters. The molecule has 4 heteroatoms. The molecule has 116 valence electrons. The summed E-state index contributed by atoms with van der Waals surface area (Å²) in [6.07, 6.45) is 5.32. The Morgan fingerprint density at radius 2 is 1.78 bits per heavy atom. The van der Waals surface area contributed by atoms with Crippen molar-refractivity contribution in [1.82, 2.24) is 0 Å². The summed E-state index contributed by atoms with van der Waals surface area (Å²) in [6.45, 7) is 7.87. The van der Waals surface area contributed by atoms with Crippen LogP contribution < -0.4 is 0 Å². The molecule has 0 amide bonds. The van der Waals surface area contributed by atoms with Gasteiger partial charge in [0, 0.05) is 5.57 Å². The first kappa shape index (κ1) is 16.6. The minimum Gasteiger partial charge on any atom is -0.289 e. The van der Waals surface area contributed by atoms with Gasteiger partial charge in [0.05, 0.1) is 23.5 Å². The van der Waals surface area contributed by atoms with Crippen molar-refractivity contribution in [3.63, 3.8) is 0 Å². The maximum atomic E-state index is 12.2. The number of Topliss-reactive ketones (excluding diaryl/α,β-unsaturated/α-hetero) is 1. The van der Waals surface area contributed by atoms with E-state index in [1.807, 2.05) is 39.8 Å². The SMILES string of the molecule is CC1=C/C(=C\N=Nc2ccc(C#N)cc2)C=C(C(C)(C)C)C1=O. The summed E-state index contributed by atoms with van der Waals surface area (Å²) in [6, 6.07) is 8.93. The zero-order valence-corrected chi connectivity index (χ0v) is 13.8. The van der Waals surface area contributed by atoms with Gasteiger partial charge in [-0.25, -0.2) is 0 Å². The van der Waals surface area contributed by atoms with E-state index in [1.165, 1.54) is 0 Å². The molecule has 1 aliphatic rings. The lowest BCUT2D eigenvalue weighted by Gasteiger charge is -2.24.